The molecule has 1 spiro atoms. The highest BCUT2D eigenvalue weighted by atomic mass is 16.1. The van der Waals surface area contributed by atoms with E-state index in [1.165, 1.54) is 25.6 Å². The molecule has 5 heteroatoms. The number of primary amides is 1. The van der Waals surface area contributed by atoms with Crippen LogP contribution in [0.3, 0.4) is 0 Å². The van der Waals surface area contributed by atoms with Crippen LogP contribution in [0.2, 0.25) is 0 Å². The molecule has 0 bridgehead atoms. The summed E-state index contributed by atoms with van der Waals surface area (Å²) in [6.45, 7) is 0.842. The lowest BCUT2D eigenvalue weighted by Gasteiger charge is -2.41. The van der Waals surface area contributed by atoms with Gasteiger partial charge >= 0.3 is 0 Å². The Morgan fingerprint density at radius 1 is 1.26 bits per heavy atom. The standard InChI is InChI=1S/C14H18N4O/c15-13(19)11-9-12(17-10-16-11)18-8-4-7-14(18)5-2-1-3-6-14/h4,7,9-10H,1-3,5-6,8H2,(H2,15,19). The molecule has 2 heterocycles. The van der Waals surface area contributed by atoms with Crippen molar-refractivity contribution < 1.29 is 4.79 Å². The average molecular weight is 258 g/mol. The molecule has 0 unspecified atom stereocenters. The normalized spacial score (nSPS) is 20.9. The minimum absolute atomic E-state index is 0.0848. The van der Waals surface area contributed by atoms with Gasteiger partial charge in [-0.15, -0.1) is 0 Å². The maximum atomic E-state index is 11.2. The average Bonchev–Trinajstić information content (AvgIpc) is 2.83. The Labute approximate surface area is 112 Å². The summed E-state index contributed by atoms with van der Waals surface area (Å²) in [4.78, 5) is 21.7. The van der Waals surface area contributed by atoms with Crippen molar-refractivity contribution in [1.29, 1.82) is 0 Å². The molecule has 1 aromatic heterocycles. The zero-order valence-corrected chi connectivity index (χ0v) is 10.9. The summed E-state index contributed by atoms with van der Waals surface area (Å²) in [7, 11) is 0. The Balaban J connectivity index is 1.93. The largest absolute Gasteiger partial charge is 0.364 e. The van der Waals surface area contributed by atoms with Gasteiger partial charge in [0.1, 0.15) is 17.8 Å². The summed E-state index contributed by atoms with van der Waals surface area (Å²) in [5, 5.41) is 0. The van der Waals surface area contributed by atoms with Crippen LogP contribution in [0, 0.1) is 0 Å². The first-order chi connectivity index (χ1) is 9.21. The number of anilines is 1. The molecule has 0 radical (unpaired) electrons. The number of hydrogen-bond donors (Lipinski definition) is 1. The van der Waals surface area contributed by atoms with E-state index in [0.717, 1.165) is 25.2 Å². The Bertz CT molecular complexity index is 520. The molecule has 2 aliphatic rings. The van der Waals surface area contributed by atoms with Gasteiger partial charge in [0.25, 0.3) is 5.91 Å². The molecule has 0 aromatic carbocycles. The Morgan fingerprint density at radius 2 is 2.05 bits per heavy atom. The van der Waals surface area contributed by atoms with Crippen LogP contribution >= 0.6 is 0 Å². The lowest BCUT2D eigenvalue weighted by Crippen LogP contribution is -2.46. The number of carbonyl (C=O) groups excluding carboxylic acids is 1. The smallest absolute Gasteiger partial charge is 0.267 e. The van der Waals surface area contributed by atoms with Gasteiger partial charge in [0, 0.05) is 12.6 Å². The van der Waals surface area contributed by atoms with Crippen molar-refractivity contribution in [2.45, 2.75) is 37.6 Å². The fourth-order valence-corrected chi connectivity index (χ4v) is 3.20. The molecule has 5 nitrogen and oxygen atoms in total. The van der Waals surface area contributed by atoms with Crippen LogP contribution in [0.15, 0.2) is 24.5 Å². The molecule has 3 rings (SSSR count). The van der Waals surface area contributed by atoms with Gasteiger partial charge < -0.3 is 10.6 Å². The second kappa shape index (κ2) is 4.64. The van der Waals surface area contributed by atoms with Gasteiger partial charge in [-0.1, -0.05) is 31.4 Å². The number of amides is 1. The Hall–Kier alpha value is -1.91. The van der Waals surface area contributed by atoms with Gasteiger partial charge in [-0.25, -0.2) is 9.97 Å². The first-order valence-electron chi connectivity index (χ1n) is 6.78. The van der Waals surface area contributed by atoms with Crippen molar-refractivity contribution in [3.05, 3.63) is 30.2 Å². The maximum Gasteiger partial charge on any atom is 0.267 e. The summed E-state index contributed by atoms with van der Waals surface area (Å²) in [6, 6.07) is 1.70. The summed E-state index contributed by atoms with van der Waals surface area (Å²) < 4.78 is 0. The molecule has 1 fully saturated rings. The van der Waals surface area contributed by atoms with Crippen LogP contribution in [-0.4, -0.2) is 28.0 Å². The molecule has 100 valence electrons. The van der Waals surface area contributed by atoms with E-state index >= 15 is 0 Å². The molecule has 2 N–H and O–H groups in total. The van der Waals surface area contributed by atoms with E-state index in [9.17, 15) is 4.79 Å². The van der Waals surface area contributed by atoms with Gasteiger partial charge in [-0.2, -0.15) is 0 Å². The molecular formula is C14H18N4O. The monoisotopic (exact) mass is 258 g/mol. The minimum atomic E-state index is -0.506. The third-order valence-corrected chi connectivity index (χ3v) is 4.15. The summed E-state index contributed by atoms with van der Waals surface area (Å²) in [6.07, 6.45) is 12.0. The van der Waals surface area contributed by atoms with E-state index in [-0.39, 0.29) is 11.2 Å². The highest BCUT2D eigenvalue weighted by Crippen LogP contribution is 2.39. The molecule has 1 saturated carbocycles. The van der Waals surface area contributed by atoms with Gasteiger partial charge in [-0.3, -0.25) is 4.79 Å². The predicted molar refractivity (Wildman–Crippen MR) is 72.9 cm³/mol. The van der Waals surface area contributed by atoms with E-state index in [1.54, 1.807) is 6.07 Å². The van der Waals surface area contributed by atoms with Crippen molar-refractivity contribution in [1.82, 2.24) is 9.97 Å². The molecule has 1 amide bonds. The van der Waals surface area contributed by atoms with Gasteiger partial charge in [0.15, 0.2) is 0 Å². The third-order valence-electron chi connectivity index (χ3n) is 4.15. The lowest BCUT2D eigenvalue weighted by molar-refractivity contribution is 0.0995. The van der Waals surface area contributed by atoms with E-state index < -0.39 is 5.91 Å². The number of hydrogen-bond acceptors (Lipinski definition) is 4. The summed E-state index contributed by atoms with van der Waals surface area (Å²) >= 11 is 0. The molecule has 0 atom stereocenters. The van der Waals surface area contributed by atoms with Crippen molar-refractivity contribution in [2.24, 2.45) is 5.73 Å². The Morgan fingerprint density at radius 3 is 2.79 bits per heavy atom. The molecule has 1 aromatic rings. The molecule has 1 aliphatic carbocycles. The van der Waals surface area contributed by atoms with Gasteiger partial charge in [0.05, 0.1) is 5.54 Å². The summed E-state index contributed by atoms with van der Waals surface area (Å²) in [5.74, 6) is 0.296. The first-order valence-corrected chi connectivity index (χ1v) is 6.78. The number of aromatic nitrogens is 2. The van der Waals surface area contributed by atoms with Crippen molar-refractivity contribution in [2.75, 3.05) is 11.4 Å². The van der Waals surface area contributed by atoms with Crippen LogP contribution in [0.1, 0.15) is 42.6 Å². The number of rotatable bonds is 2. The molecular weight excluding hydrogens is 240 g/mol. The topological polar surface area (TPSA) is 72.1 Å². The maximum absolute atomic E-state index is 11.2. The van der Waals surface area contributed by atoms with E-state index in [2.05, 4.69) is 27.0 Å². The zero-order valence-electron chi connectivity index (χ0n) is 10.9. The van der Waals surface area contributed by atoms with Crippen LogP contribution < -0.4 is 10.6 Å². The second-order valence-electron chi connectivity index (χ2n) is 5.30. The van der Waals surface area contributed by atoms with Crippen LogP contribution in [0.5, 0.6) is 0 Å². The number of nitrogens with zero attached hydrogens (tertiary/aromatic N) is 3. The number of nitrogens with two attached hydrogens (primary N) is 1. The quantitative estimate of drug-likeness (QED) is 0.819. The third kappa shape index (κ3) is 2.09. The SMILES string of the molecule is NC(=O)c1cc(N2CC=CC23CCCCC3)ncn1. The molecule has 0 saturated heterocycles. The fraction of sp³-hybridized carbons (Fsp3) is 0.500. The highest BCUT2D eigenvalue weighted by molar-refractivity contribution is 5.91. The first kappa shape index (κ1) is 12.1. The van der Waals surface area contributed by atoms with Crippen LogP contribution in [0.4, 0.5) is 5.82 Å². The van der Waals surface area contributed by atoms with E-state index in [0.29, 0.717) is 0 Å². The molecule has 19 heavy (non-hydrogen) atoms. The van der Waals surface area contributed by atoms with Crippen molar-refractivity contribution in [3.8, 4) is 0 Å². The molecule has 1 aliphatic heterocycles. The van der Waals surface area contributed by atoms with Gasteiger partial charge in [0.2, 0.25) is 0 Å². The highest BCUT2D eigenvalue weighted by Gasteiger charge is 2.39. The van der Waals surface area contributed by atoms with Gasteiger partial charge in [-0.05, 0) is 12.8 Å². The van der Waals surface area contributed by atoms with E-state index in [1.807, 2.05) is 0 Å². The minimum Gasteiger partial charge on any atom is -0.364 e. The summed E-state index contributed by atoms with van der Waals surface area (Å²) in [5.41, 5.74) is 5.65. The predicted octanol–water partition coefficient (Wildman–Crippen LogP) is 1.65. The second-order valence-corrected chi connectivity index (χ2v) is 5.30. The van der Waals surface area contributed by atoms with Crippen molar-refractivity contribution in [3.63, 3.8) is 0 Å². The number of carbonyl (C=O) groups is 1. The van der Waals surface area contributed by atoms with Crippen LogP contribution in [0.25, 0.3) is 0 Å². The Kier molecular flexibility index (Phi) is 2.97. The van der Waals surface area contributed by atoms with E-state index in [4.69, 9.17) is 5.73 Å². The van der Waals surface area contributed by atoms with Crippen LogP contribution in [-0.2, 0) is 0 Å². The fourth-order valence-electron chi connectivity index (χ4n) is 3.20. The van der Waals surface area contributed by atoms with Crippen molar-refractivity contribution >= 4 is 11.7 Å². The lowest BCUT2D eigenvalue weighted by atomic mass is 9.81. The zero-order chi connectivity index (χ0) is 13.3.